The van der Waals surface area contributed by atoms with Gasteiger partial charge in [0.25, 0.3) is 0 Å². The zero-order valence-corrected chi connectivity index (χ0v) is 11.7. The molecule has 1 aliphatic rings. The molecule has 1 fully saturated rings. The molecule has 0 spiro atoms. The van der Waals surface area contributed by atoms with Gasteiger partial charge in [0.2, 0.25) is 0 Å². The molecule has 1 aromatic heterocycles. The van der Waals surface area contributed by atoms with Crippen molar-refractivity contribution in [3.05, 3.63) is 11.4 Å². The zero-order chi connectivity index (χ0) is 13.3. The highest BCUT2D eigenvalue weighted by Gasteiger charge is 2.34. The van der Waals surface area contributed by atoms with Crippen LogP contribution in [0.15, 0.2) is 0 Å². The number of hydrogen-bond donors (Lipinski definition) is 3. The molecule has 2 rings (SSSR count). The Hall–Kier alpha value is -1.36. The SMILES string of the molecule is Cc1nc(NN)c(C)c(NC2CCCC2(C)C)n1. The second-order valence-electron chi connectivity index (χ2n) is 5.82. The summed E-state index contributed by atoms with van der Waals surface area (Å²) in [6.07, 6.45) is 3.73. The molecule has 18 heavy (non-hydrogen) atoms. The molecule has 0 aromatic carbocycles. The van der Waals surface area contributed by atoms with Gasteiger partial charge in [-0.25, -0.2) is 15.8 Å². The minimum absolute atomic E-state index is 0.321. The van der Waals surface area contributed by atoms with E-state index in [9.17, 15) is 0 Å². The summed E-state index contributed by atoms with van der Waals surface area (Å²) in [7, 11) is 0. The van der Waals surface area contributed by atoms with E-state index in [1.165, 1.54) is 19.3 Å². The van der Waals surface area contributed by atoms with Crippen LogP contribution in [0.1, 0.15) is 44.5 Å². The van der Waals surface area contributed by atoms with Gasteiger partial charge in [-0.3, -0.25) is 0 Å². The highest BCUT2D eigenvalue weighted by molar-refractivity contribution is 5.57. The predicted octanol–water partition coefficient (Wildman–Crippen LogP) is 2.37. The third-order valence-electron chi connectivity index (χ3n) is 3.96. The van der Waals surface area contributed by atoms with Crippen LogP contribution < -0.4 is 16.6 Å². The molecule has 0 bridgehead atoms. The summed E-state index contributed by atoms with van der Waals surface area (Å²) in [5.74, 6) is 7.80. The van der Waals surface area contributed by atoms with Crippen molar-refractivity contribution in [1.82, 2.24) is 9.97 Å². The van der Waals surface area contributed by atoms with Crippen molar-refractivity contribution in [2.75, 3.05) is 10.7 Å². The maximum absolute atomic E-state index is 5.48. The monoisotopic (exact) mass is 249 g/mol. The summed E-state index contributed by atoms with van der Waals surface area (Å²) >= 11 is 0. The van der Waals surface area contributed by atoms with Crippen LogP contribution >= 0.6 is 0 Å². The molecule has 100 valence electrons. The number of aryl methyl sites for hydroxylation is 1. The molecule has 0 radical (unpaired) electrons. The lowest BCUT2D eigenvalue weighted by Gasteiger charge is -2.29. The molecular weight excluding hydrogens is 226 g/mol. The van der Waals surface area contributed by atoms with Crippen molar-refractivity contribution in [2.24, 2.45) is 11.3 Å². The molecule has 1 aromatic rings. The van der Waals surface area contributed by atoms with Gasteiger partial charge in [-0.05, 0) is 32.1 Å². The first kappa shape index (κ1) is 13.1. The first-order valence-corrected chi connectivity index (χ1v) is 6.52. The second-order valence-corrected chi connectivity index (χ2v) is 5.82. The Balaban J connectivity index is 2.26. The zero-order valence-electron chi connectivity index (χ0n) is 11.7. The number of nitrogens with one attached hydrogen (secondary N) is 2. The largest absolute Gasteiger partial charge is 0.366 e. The van der Waals surface area contributed by atoms with E-state index < -0.39 is 0 Å². The molecule has 1 unspecified atom stereocenters. The Morgan fingerprint density at radius 1 is 1.22 bits per heavy atom. The van der Waals surface area contributed by atoms with E-state index in [0.29, 0.717) is 17.3 Å². The molecule has 1 aliphatic carbocycles. The van der Waals surface area contributed by atoms with Crippen LogP contribution in [0.2, 0.25) is 0 Å². The third-order valence-corrected chi connectivity index (χ3v) is 3.96. The normalized spacial score (nSPS) is 21.9. The van der Waals surface area contributed by atoms with E-state index in [0.717, 1.165) is 17.2 Å². The molecule has 1 heterocycles. The molecule has 1 atom stereocenters. The summed E-state index contributed by atoms with van der Waals surface area (Å²) in [4.78, 5) is 8.77. The summed E-state index contributed by atoms with van der Waals surface area (Å²) in [6.45, 7) is 8.48. The highest BCUT2D eigenvalue weighted by atomic mass is 15.3. The maximum Gasteiger partial charge on any atom is 0.148 e. The van der Waals surface area contributed by atoms with Crippen LogP contribution in [-0.4, -0.2) is 16.0 Å². The van der Waals surface area contributed by atoms with E-state index >= 15 is 0 Å². The highest BCUT2D eigenvalue weighted by Crippen LogP contribution is 2.39. The molecule has 0 saturated heterocycles. The van der Waals surface area contributed by atoms with Crippen molar-refractivity contribution in [2.45, 2.75) is 53.0 Å². The van der Waals surface area contributed by atoms with Crippen molar-refractivity contribution < 1.29 is 0 Å². The van der Waals surface area contributed by atoms with Gasteiger partial charge >= 0.3 is 0 Å². The van der Waals surface area contributed by atoms with Crippen LogP contribution in [-0.2, 0) is 0 Å². The minimum Gasteiger partial charge on any atom is -0.366 e. The molecule has 5 nitrogen and oxygen atoms in total. The Kier molecular flexibility index (Phi) is 3.43. The van der Waals surface area contributed by atoms with Gasteiger partial charge < -0.3 is 10.7 Å². The molecule has 0 amide bonds. The number of anilines is 2. The topological polar surface area (TPSA) is 75.9 Å². The maximum atomic E-state index is 5.48. The average molecular weight is 249 g/mol. The van der Waals surface area contributed by atoms with Crippen molar-refractivity contribution in [3.63, 3.8) is 0 Å². The van der Waals surface area contributed by atoms with Gasteiger partial charge in [0.1, 0.15) is 17.5 Å². The summed E-state index contributed by atoms with van der Waals surface area (Å²) < 4.78 is 0. The lowest BCUT2D eigenvalue weighted by molar-refractivity contribution is 0.349. The molecule has 1 saturated carbocycles. The van der Waals surface area contributed by atoms with Gasteiger partial charge in [0.05, 0.1) is 0 Å². The molecular formula is C13H23N5. The molecule has 4 N–H and O–H groups in total. The van der Waals surface area contributed by atoms with Gasteiger partial charge in [-0.1, -0.05) is 20.3 Å². The number of nitrogen functional groups attached to an aromatic ring is 1. The number of hydrazine groups is 1. The quantitative estimate of drug-likeness (QED) is 0.566. The van der Waals surface area contributed by atoms with E-state index in [1.807, 2.05) is 13.8 Å². The molecule has 0 aliphatic heterocycles. The van der Waals surface area contributed by atoms with Crippen LogP contribution in [0, 0.1) is 19.3 Å². The van der Waals surface area contributed by atoms with Gasteiger partial charge in [-0.2, -0.15) is 0 Å². The fourth-order valence-electron chi connectivity index (χ4n) is 2.67. The summed E-state index contributed by atoms with van der Waals surface area (Å²) in [5.41, 5.74) is 3.93. The van der Waals surface area contributed by atoms with Crippen LogP contribution in [0.3, 0.4) is 0 Å². The van der Waals surface area contributed by atoms with Gasteiger partial charge in [-0.15, -0.1) is 0 Å². The first-order valence-electron chi connectivity index (χ1n) is 6.52. The third kappa shape index (κ3) is 2.41. The number of hydrogen-bond acceptors (Lipinski definition) is 5. The first-order chi connectivity index (χ1) is 8.44. The fourth-order valence-corrected chi connectivity index (χ4v) is 2.67. The Labute approximate surface area is 109 Å². The number of nitrogens with zero attached hydrogens (tertiary/aromatic N) is 2. The average Bonchev–Trinajstić information content (AvgIpc) is 2.63. The van der Waals surface area contributed by atoms with E-state index in [4.69, 9.17) is 5.84 Å². The number of rotatable bonds is 3. The minimum atomic E-state index is 0.321. The number of aromatic nitrogens is 2. The van der Waals surface area contributed by atoms with Crippen molar-refractivity contribution in [1.29, 1.82) is 0 Å². The predicted molar refractivity (Wildman–Crippen MR) is 74.4 cm³/mol. The van der Waals surface area contributed by atoms with Crippen molar-refractivity contribution >= 4 is 11.6 Å². The van der Waals surface area contributed by atoms with E-state index in [2.05, 4.69) is 34.6 Å². The fraction of sp³-hybridized carbons (Fsp3) is 0.692. The van der Waals surface area contributed by atoms with E-state index in [-0.39, 0.29) is 0 Å². The van der Waals surface area contributed by atoms with Crippen LogP contribution in [0.4, 0.5) is 11.6 Å². The van der Waals surface area contributed by atoms with Crippen LogP contribution in [0.5, 0.6) is 0 Å². The van der Waals surface area contributed by atoms with Crippen molar-refractivity contribution in [3.8, 4) is 0 Å². The van der Waals surface area contributed by atoms with Gasteiger partial charge in [0.15, 0.2) is 0 Å². The summed E-state index contributed by atoms with van der Waals surface area (Å²) in [6, 6.07) is 0.469. The Bertz CT molecular complexity index is 441. The second kappa shape index (κ2) is 4.72. The van der Waals surface area contributed by atoms with Gasteiger partial charge in [0, 0.05) is 11.6 Å². The summed E-state index contributed by atoms with van der Waals surface area (Å²) in [5, 5.41) is 3.57. The lowest BCUT2D eigenvalue weighted by Crippen LogP contribution is -2.31. The standard InChI is InChI=1S/C13H23N5/c1-8-11(15-9(2)16-12(8)18-14)17-10-6-5-7-13(10,3)4/h10H,5-7,14H2,1-4H3,(H2,15,16,17,18). The number of nitrogens with two attached hydrogens (primary N) is 1. The molecule has 5 heteroatoms. The lowest BCUT2D eigenvalue weighted by atomic mass is 9.87. The Morgan fingerprint density at radius 3 is 2.44 bits per heavy atom. The van der Waals surface area contributed by atoms with E-state index in [1.54, 1.807) is 0 Å². The van der Waals surface area contributed by atoms with Crippen LogP contribution in [0.25, 0.3) is 0 Å². The Morgan fingerprint density at radius 2 is 1.89 bits per heavy atom. The smallest absolute Gasteiger partial charge is 0.148 e.